The van der Waals surface area contributed by atoms with Gasteiger partial charge >= 0.3 is 6.09 Å². The summed E-state index contributed by atoms with van der Waals surface area (Å²) in [5.74, 6) is 0.705. The van der Waals surface area contributed by atoms with Gasteiger partial charge in [-0.15, -0.1) is 0 Å². The predicted octanol–water partition coefficient (Wildman–Crippen LogP) is 6.48. The van der Waals surface area contributed by atoms with E-state index in [2.05, 4.69) is 51.3 Å². The van der Waals surface area contributed by atoms with Gasteiger partial charge in [0.05, 0.1) is 12.3 Å². The standard InChI is InChI=1S/C24H37NO4Si/c1-23(2,3)28-22(26)25-19(17-18-13-10-9-11-14-18)21(20-15-12-16-27-20)29-30(7,8)24(4,5)6/h9-16,19,21H,17H2,1-8H3,(H,25,26)/t19-,21-/m0/s1. The third-order valence-electron chi connectivity index (χ3n) is 5.42. The molecule has 166 valence electrons. The molecule has 5 nitrogen and oxygen atoms in total. The Morgan fingerprint density at radius 2 is 1.67 bits per heavy atom. The zero-order valence-electron chi connectivity index (χ0n) is 19.6. The Kier molecular flexibility index (Phi) is 7.58. The van der Waals surface area contributed by atoms with Gasteiger partial charge in [0.1, 0.15) is 17.5 Å². The highest BCUT2D eigenvalue weighted by atomic mass is 28.4. The van der Waals surface area contributed by atoms with E-state index < -0.39 is 26.1 Å². The number of carbonyl (C=O) groups is 1. The van der Waals surface area contributed by atoms with E-state index in [1.807, 2.05) is 51.1 Å². The summed E-state index contributed by atoms with van der Waals surface area (Å²) in [6.07, 6.45) is 1.36. The van der Waals surface area contributed by atoms with Crippen molar-refractivity contribution in [2.24, 2.45) is 0 Å². The first-order valence-electron chi connectivity index (χ1n) is 10.5. The van der Waals surface area contributed by atoms with Crippen molar-refractivity contribution >= 4 is 14.4 Å². The molecule has 2 aromatic rings. The second-order valence-electron chi connectivity index (χ2n) is 10.3. The molecule has 0 fully saturated rings. The molecule has 0 spiro atoms. The molecule has 0 aliphatic heterocycles. The normalized spacial score (nSPS) is 14.8. The van der Waals surface area contributed by atoms with Crippen LogP contribution in [0.5, 0.6) is 0 Å². The van der Waals surface area contributed by atoms with Crippen LogP contribution in [0.2, 0.25) is 18.1 Å². The Morgan fingerprint density at radius 3 is 2.17 bits per heavy atom. The van der Waals surface area contributed by atoms with Gasteiger partial charge in [-0.3, -0.25) is 0 Å². The summed E-state index contributed by atoms with van der Waals surface area (Å²) in [6, 6.07) is 13.5. The molecule has 2 atom stereocenters. The van der Waals surface area contributed by atoms with E-state index in [0.29, 0.717) is 12.2 Å². The van der Waals surface area contributed by atoms with Crippen LogP contribution < -0.4 is 5.32 Å². The monoisotopic (exact) mass is 431 g/mol. The van der Waals surface area contributed by atoms with Crippen molar-refractivity contribution in [1.82, 2.24) is 5.32 Å². The van der Waals surface area contributed by atoms with E-state index >= 15 is 0 Å². The number of nitrogens with one attached hydrogen (secondary N) is 1. The predicted molar refractivity (Wildman–Crippen MR) is 123 cm³/mol. The lowest BCUT2D eigenvalue weighted by Crippen LogP contribution is -2.49. The molecule has 0 saturated carbocycles. The first-order chi connectivity index (χ1) is 13.8. The van der Waals surface area contributed by atoms with Crippen molar-refractivity contribution in [1.29, 1.82) is 0 Å². The third kappa shape index (κ3) is 7.02. The van der Waals surface area contributed by atoms with Crippen molar-refractivity contribution in [2.75, 3.05) is 0 Å². The molecule has 1 aromatic carbocycles. The van der Waals surface area contributed by atoms with E-state index in [1.54, 1.807) is 6.26 Å². The van der Waals surface area contributed by atoms with Gasteiger partial charge in [0.2, 0.25) is 0 Å². The SMILES string of the molecule is CC(C)(C)OC(=O)N[C@@H](Cc1ccccc1)[C@H](O[Si](C)(C)C(C)(C)C)c1ccco1. The zero-order valence-corrected chi connectivity index (χ0v) is 20.6. The van der Waals surface area contributed by atoms with Crippen LogP contribution in [-0.2, 0) is 15.6 Å². The fourth-order valence-corrected chi connectivity index (χ4v) is 4.12. The smallest absolute Gasteiger partial charge is 0.407 e. The number of amides is 1. The summed E-state index contributed by atoms with van der Waals surface area (Å²) < 4.78 is 18.1. The van der Waals surface area contributed by atoms with Crippen molar-refractivity contribution < 1.29 is 18.4 Å². The molecule has 0 radical (unpaired) electrons. The number of alkyl carbamates (subject to hydrolysis) is 1. The third-order valence-corrected chi connectivity index (χ3v) is 9.87. The molecule has 1 heterocycles. The fraction of sp³-hybridized carbons (Fsp3) is 0.542. The van der Waals surface area contributed by atoms with Crippen LogP contribution in [0.3, 0.4) is 0 Å². The highest BCUT2D eigenvalue weighted by Gasteiger charge is 2.42. The molecule has 0 aliphatic carbocycles. The van der Waals surface area contributed by atoms with Crippen LogP contribution in [0.15, 0.2) is 53.1 Å². The first-order valence-corrected chi connectivity index (χ1v) is 13.4. The zero-order chi connectivity index (χ0) is 22.6. The lowest BCUT2D eigenvalue weighted by Gasteiger charge is -2.41. The van der Waals surface area contributed by atoms with Gasteiger partial charge in [-0.1, -0.05) is 51.1 Å². The molecule has 0 bridgehead atoms. The maximum Gasteiger partial charge on any atom is 0.407 e. The van der Waals surface area contributed by atoms with E-state index in [9.17, 15) is 4.79 Å². The highest BCUT2D eigenvalue weighted by molar-refractivity contribution is 6.74. The van der Waals surface area contributed by atoms with Crippen LogP contribution in [0, 0.1) is 0 Å². The number of hydrogen-bond acceptors (Lipinski definition) is 4. The van der Waals surface area contributed by atoms with E-state index in [0.717, 1.165) is 5.56 Å². The lowest BCUT2D eigenvalue weighted by molar-refractivity contribution is 0.0413. The van der Waals surface area contributed by atoms with Crippen LogP contribution >= 0.6 is 0 Å². The second kappa shape index (κ2) is 9.39. The molecule has 6 heteroatoms. The Labute approximate surface area is 182 Å². The average molecular weight is 432 g/mol. The van der Waals surface area contributed by atoms with Crippen LogP contribution in [0.4, 0.5) is 4.79 Å². The maximum absolute atomic E-state index is 12.7. The van der Waals surface area contributed by atoms with Crippen molar-refractivity contribution in [2.45, 2.75) is 83.8 Å². The summed E-state index contributed by atoms with van der Waals surface area (Å²) in [7, 11) is -2.15. The molecule has 1 N–H and O–H groups in total. The number of benzene rings is 1. The summed E-state index contributed by atoms with van der Waals surface area (Å²) in [6.45, 7) is 16.6. The molecule has 0 unspecified atom stereocenters. The van der Waals surface area contributed by atoms with Crippen LogP contribution in [0.1, 0.15) is 59.0 Å². The number of ether oxygens (including phenoxy) is 1. The Bertz CT molecular complexity index is 789. The summed E-state index contributed by atoms with van der Waals surface area (Å²) in [5.41, 5.74) is 0.524. The Balaban J connectivity index is 2.39. The fourth-order valence-electron chi connectivity index (χ4n) is 2.85. The molecule has 30 heavy (non-hydrogen) atoms. The van der Waals surface area contributed by atoms with Gasteiger partial charge in [-0.25, -0.2) is 4.79 Å². The molecule has 0 saturated heterocycles. The minimum absolute atomic E-state index is 0.0149. The van der Waals surface area contributed by atoms with Crippen molar-refractivity contribution in [3.05, 3.63) is 60.1 Å². The quantitative estimate of drug-likeness (QED) is 0.510. The molecule has 1 amide bonds. The van der Waals surface area contributed by atoms with Gasteiger partial charge in [-0.05, 0) is 63.0 Å². The van der Waals surface area contributed by atoms with Crippen LogP contribution in [0.25, 0.3) is 0 Å². The molecule has 0 aliphatic rings. The Morgan fingerprint density at radius 1 is 1.03 bits per heavy atom. The minimum Gasteiger partial charge on any atom is -0.467 e. The molecular weight excluding hydrogens is 394 g/mol. The van der Waals surface area contributed by atoms with Crippen molar-refractivity contribution in [3.63, 3.8) is 0 Å². The van der Waals surface area contributed by atoms with Crippen LogP contribution in [-0.4, -0.2) is 26.1 Å². The van der Waals surface area contributed by atoms with Gasteiger partial charge in [0.15, 0.2) is 8.32 Å². The lowest BCUT2D eigenvalue weighted by atomic mass is 10.00. The number of furan rings is 1. The first kappa shape index (κ1) is 24.2. The molecule has 1 aromatic heterocycles. The van der Waals surface area contributed by atoms with Gasteiger partial charge < -0.3 is 18.9 Å². The minimum atomic E-state index is -2.15. The maximum atomic E-state index is 12.7. The second-order valence-corrected chi connectivity index (χ2v) is 15.0. The largest absolute Gasteiger partial charge is 0.467 e. The van der Waals surface area contributed by atoms with E-state index in [-0.39, 0.29) is 11.1 Å². The number of hydrogen-bond donors (Lipinski definition) is 1. The van der Waals surface area contributed by atoms with Crippen molar-refractivity contribution in [3.8, 4) is 0 Å². The molecular formula is C24H37NO4Si. The topological polar surface area (TPSA) is 60.7 Å². The summed E-state index contributed by atoms with van der Waals surface area (Å²) in [4.78, 5) is 12.7. The van der Waals surface area contributed by atoms with Gasteiger partial charge in [0.25, 0.3) is 0 Å². The highest BCUT2D eigenvalue weighted by Crippen LogP contribution is 2.41. The van der Waals surface area contributed by atoms with E-state index in [4.69, 9.17) is 13.6 Å². The average Bonchev–Trinajstić information content (AvgIpc) is 3.11. The van der Waals surface area contributed by atoms with Gasteiger partial charge in [-0.2, -0.15) is 0 Å². The summed E-state index contributed by atoms with van der Waals surface area (Å²) >= 11 is 0. The Hall–Kier alpha value is -2.05. The summed E-state index contributed by atoms with van der Waals surface area (Å²) in [5, 5.41) is 3.08. The number of carbonyl (C=O) groups excluding carboxylic acids is 1. The van der Waals surface area contributed by atoms with Gasteiger partial charge in [0, 0.05) is 0 Å². The number of rotatable bonds is 7. The van der Waals surface area contributed by atoms with E-state index in [1.165, 1.54) is 0 Å². The molecule has 2 rings (SSSR count).